The molecule has 0 unspecified atom stereocenters. The van der Waals surface area contributed by atoms with Crippen LogP contribution in [-0.4, -0.2) is 54.0 Å². The van der Waals surface area contributed by atoms with Gasteiger partial charge in [0.1, 0.15) is 36.1 Å². The maximum Gasteiger partial charge on any atom is 0.178 e. The Balaban J connectivity index is 1.55. The van der Waals surface area contributed by atoms with E-state index < -0.39 is 15.4 Å². The summed E-state index contributed by atoms with van der Waals surface area (Å²) in [4.78, 5) is 13.6. The van der Waals surface area contributed by atoms with Crippen molar-refractivity contribution in [1.29, 1.82) is 0 Å². The zero-order valence-electron chi connectivity index (χ0n) is 17.4. The highest BCUT2D eigenvalue weighted by atomic mass is 125. The molecule has 164 valence electrons. The van der Waals surface area contributed by atoms with Gasteiger partial charge in [0.05, 0.1) is 35.7 Å². The quantitative estimate of drug-likeness (QED) is 0.475. The minimum atomic E-state index is -0.487. The Hall–Kier alpha value is -2.20. The molecule has 0 bridgehead atoms. The van der Waals surface area contributed by atoms with Gasteiger partial charge in [-0.25, -0.2) is 0 Å². The molecule has 0 spiro atoms. The molecule has 0 amide bonds. The van der Waals surface area contributed by atoms with Gasteiger partial charge in [-0.1, -0.05) is 22.6 Å². The molecule has 3 aliphatic heterocycles. The second kappa shape index (κ2) is 7.44. The SMILES string of the molecule is COc1cc2c(cc1OC)[C@@H]1C(=O)c3ccc4c(c3O[C@@H]1CO2)C[C@H]([C@](C)([125I])CO)O4. The number of fused-ring (bicyclic) bond motifs is 6. The Bertz CT molecular complexity index is 1060. The largest absolute Gasteiger partial charge is 0.493 e. The zero-order chi connectivity index (χ0) is 21.9. The first-order valence-electron chi connectivity index (χ1n) is 10.1. The van der Waals surface area contributed by atoms with Crippen LogP contribution < -0.4 is 23.7 Å². The summed E-state index contributed by atoms with van der Waals surface area (Å²) in [6.07, 6.45) is -0.0675. The average molecular weight is 536 g/mol. The topological polar surface area (TPSA) is 83.5 Å². The minimum absolute atomic E-state index is 0.00515. The number of ketones is 1. The van der Waals surface area contributed by atoms with E-state index in [9.17, 15) is 9.90 Å². The number of alkyl halides is 1. The molecule has 3 heterocycles. The lowest BCUT2D eigenvalue weighted by Gasteiger charge is -2.37. The number of halogens is 1. The monoisotopic (exact) mass is 536 g/mol. The summed E-state index contributed by atoms with van der Waals surface area (Å²) in [7, 11) is 3.13. The Kier molecular flexibility index (Phi) is 4.97. The van der Waals surface area contributed by atoms with Gasteiger partial charge in [-0.3, -0.25) is 4.79 Å². The normalized spacial score (nSPS) is 24.9. The van der Waals surface area contributed by atoms with Crippen LogP contribution in [0.4, 0.5) is 0 Å². The smallest absolute Gasteiger partial charge is 0.178 e. The van der Waals surface area contributed by atoms with Crippen molar-refractivity contribution in [3.63, 3.8) is 0 Å². The third-order valence-corrected chi connectivity index (χ3v) is 7.34. The van der Waals surface area contributed by atoms with Gasteiger partial charge in [0, 0.05) is 23.6 Å². The molecule has 0 radical (unpaired) electrons. The first kappa shape index (κ1) is 20.7. The molecule has 2 aromatic rings. The fourth-order valence-corrected chi connectivity index (χ4v) is 4.85. The van der Waals surface area contributed by atoms with Crippen LogP contribution in [-0.2, 0) is 6.42 Å². The van der Waals surface area contributed by atoms with Crippen molar-refractivity contribution < 1.29 is 33.6 Å². The molecule has 0 fully saturated rings. The van der Waals surface area contributed by atoms with E-state index >= 15 is 0 Å². The first-order chi connectivity index (χ1) is 14.9. The molecule has 5 rings (SSSR count). The van der Waals surface area contributed by atoms with Crippen LogP contribution in [0.5, 0.6) is 28.7 Å². The van der Waals surface area contributed by atoms with Crippen LogP contribution >= 0.6 is 22.6 Å². The van der Waals surface area contributed by atoms with E-state index in [1.165, 1.54) is 0 Å². The number of aliphatic hydroxyl groups is 1. The van der Waals surface area contributed by atoms with Crippen LogP contribution in [0.2, 0.25) is 0 Å². The van der Waals surface area contributed by atoms with Crippen LogP contribution in [0.1, 0.15) is 34.3 Å². The lowest BCUT2D eigenvalue weighted by Crippen LogP contribution is -2.43. The van der Waals surface area contributed by atoms with Gasteiger partial charge in [-0.2, -0.15) is 0 Å². The Morgan fingerprint density at radius 2 is 1.90 bits per heavy atom. The summed E-state index contributed by atoms with van der Waals surface area (Å²) in [5.41, 5.74) is 2.16. The number of rotatable bonds is 4. The summed E-state index contributed by atoms with van der Waals surface area (Å²) in [6.45, 7) is 2.20. The lowest BCUT2D eigenvalue weighted by atomic mass is 9.81. The second-order valence-corrected chi connectivity index (χ2v) is 10.7. The number of ether oxygens (including phenoxy) is 5. The molecule has 1 N–H and O–H groups in total. The maximum absolute atomic E-state index is 13.6. The van der Waals surface area contributed by atoms with Crippen molar-refractivity contribution in [2.45, 2.75) is 34.9 Å². The molecule has 0 aromatic heterocycles. The second-order valence-electron chi connectivity index (χ2n) is 8.22. The molecule has 3 aliphatic rings. The number of Topliss-reactive ketones (excluding diaryl/α,β-unsaturated/α-hetero) is 1. The summed E-state index contributed by atoms with van der Waals surface area (Å²) < 4.78 is 28.8. The van der Waals surface area contributed by atoms with E-state index in [1.54, 1.807) is 32.4 Å². The predicted molar refractivity (Wildman–Crippen MR) is 121 cm³/mol. The molecular formula is C23H23IO7. The third kappa shape index (κ3) is 3.14. The van der Waals surface area contributed by atoms with Gasteiger partial charge in [0.15, 0.2) is 17.3 Å². The van der Waals surface area contributed by atoms with E-state index in [0.29, 0.717) is 40.7 Å². The van der Waals surface area contributed by atoms with E-state index in [4.69, 9.17) is 23.7 Å². The minimum Gasteiger partial charge on any atom is -0.493 e. The van der Waals surface area contributed by atoms with E-state index in [0.717, 1.165) is 11.1 Å². The van der Waals surface area contributed by atoms with Crippen molar-refractivity contribution in [3.05, 3.63) is 41.0 Å². The highest BCUT2D eigenvalue weighted by molar-refractivity contribution is 14.1. The van der Waals surface area contributed by atoms with Gasteiger partial charge in [-0.05, 0) is 25.1 Å². The van der Waals surface area contributed by atoms with Gasteiger partial charge in [-0.15, -0.1) is 0 Å². The van der Waals surface area contributed by atoms with Crippen molar-refractivity contribution in [2.75, 3.05) is 27.4 Å². The molecule has 8 heteroatoms. The van der Waals surface area contributed by atoms with Gasteiger partial charge in [0.2, 0.25) is 0 Å². The fraction of sp³-hybridized carbons (Fsp3) is 0.435. The highest BCUT2D eigenvalue weighted by Crippen LogP contribution is 2.50. The van der Waals surface area contributed by atoms with Crippen molar-refractivity contribution in [2.24, 2.45) is 0 Å². The molecule has 0 saturated carbocycles. The van der Waals surface area contributed by atoms with Gasteiger partial charge >= 0.3 is 0 Å². The summed E-state index contributed by atoms with van der Waals surface area (Å²) >= 11 is 2.22. The fourth-order valence-electron chi connectivity index (χ4n) is 4.50. The summed E-state index contributed by atoms with van der Waals surface area (Å²) in [5.74, 6) is 2.48. The molecule has 0 aliphatic carbocycles. The van der Waals surface area contributed by atoms with Crippen molar-refractivity contribution in [3.8, 4) is 28.7 Å². The van der Waals surface area contributed by atoms with E-state index in [-0.39, 0.29) is 25.1 Å². The summed E-state index contributed by atoms with van der Waals surface area (Å²) in [6, 6.07) is 7.15. The van der Waals surface area contributed by atoms with Crippen molar-refractivity contribution >= 4 is 28.4 Å². The number of benzene rings is 2. The van der Waals surface area contributed by atoms with Crippen LogP contribution in [0.25, 0.3) is 0 Å². The molecular weight excluding hydrogens is 513 g/mol. The summed E-state index contributed by atoms with van der Waals surface area (Å²) in [5, 5.41) is 9.73. The lowest BCUT2D eigenvalue weighted by molar-refractivity contribution is 0.0554. The molecule has 2 aromatic carbocycles. The predicted octanol–water partition coefficient (Wildman–Crippen LogP) is 3.31. The number of carbonyl (C=O) groups excluding carboxylic acids is 1. The number of hydrogen-bond acceptors (Lipinski definition) is 7. The molecule has 4 atom stereocenters. The number of carbonyl (C=O) groups is 1. The first-order valence-corrected chi connectivity index (χ1v) is 11.2. The van der Waals surface area contributed by atoms with Crippen LogP contribution in [0, 0.1) is 0 Å². The zero-order valence-corrected chi connectivity index (χ0v) is 19.6. The number of methoxy groups -OCH3 is 2. The molecule has 0 saturated heterocycles. The number of hydrogen-bond donors (Lipinski definition) is 1. The maximum atomic E-state index is 13.6. The highest BCUT2D eigenvalue weighted by Gasteiger charge is 2.47. The Labute approximate surface area is 193 Å². The van der Waals surface area contributed by atoms with Crippen LogP contribution in [0.15, 0.2) is 24.3 Å². The van der Waals surface area contributed by atoms with Gasteiger partial charge in [0.25, 0.3) is 0 Å². The van der Waals surface area contributed by atoms with E-state index in [2.05, 4.69) is 22.6 Å². The van der Waals surface area contributed by atoms with E-state index in [1.807, 2.05) is 13.0 Å². The number of aliphatic hydroxyl groups excluding tert-OH is 1. The molecule has 7 nitrogen and oxygen atoms in total. The molecule has 31 heavy (non-hydrogen) atoms. The standard InChI is InChI=1S/C23H23IO7/c1-23(24,10-25)19-7-13-14(30-19)5-4-11-21(26)20-12-6-16(27-2)17(28-3)8-15(12)29-9-18(20)31-22(11)13/h4-6,8,18-20,25H,7,9-10H2,1-3H3/t18-,19-,20+,23-/m1/s1/i24-2. The van der Waals surface area contributed by atoms with Gasteiger partial charge < -0.3 is 28.8 Å². The third-order valence-electron chi connectivity index (χ3n) is 6.30. The van der Waals surface area contributed by atoms with Crippen molar-refractivity contribution in [1.82, 2.24) is 0 Å². The Morgan fingerprint density at radius 1 is 1.16 bits per heavy atom. The Morgan fingerprint density at radius 3 is 2.61 bits per heavy atom. The average Bonchev–Trinajstić information content (AvgIpc) is 3.23. The van der Waals surface area contributed by atoms with Crippen LogP contribution in [0.3, 0.4) is 0 Å².